The Morgan fingerprint density at radius 2 is 2.10 bits per heavy atom. The van der Waals surface area contributed by atoms with Crippen LogP contribution in [-0.4, -0.2) is 47.4 Å². The van der Waals surface area contributed by atoms with Crippen molar-refractivity contribution in [1.29, 1.82) is 0 Å². The molecule has 1 saturated carbocycles. The van der Waals surface area contributed by atoms with Gasteiger partial charge in [0, 0.05) is 10.7 Å². The molecule has 0 bridgehead atoms. The molecular weight excluding hydrogens is 398 g/mol. The summed E-state index contributed by atoms with van der Waals surface area (Å²) in [7, 11) is 0. The van der Waals surface area contributed by atoms with E-state index >= 15 is 0 Å². The van der Waals surface area contributed by atoms with Gasteiger partial charge in [0.05, 0.1) is 0 Å². The molecule has 1 saturated heterocycles. The highest BCUT2D eigenvalue weighted by Crippen LogP contribution is 2.38. The lowest BCUT2D eigenvalue weighted by atomic mass is 9.73. The van der Waals surface area contributed by atoms with Gasteiger partial charge in [0.15, 0.2) is 6.61 Å². The van der Waals surface area contributed by atoms with Crippen LogP contribution < -0.4 is 10.6 Å². The fourth-order valence-corrected chi connectivity index (χ4v) is 4.14. The number of carbonyl (C=O) groups excluding carboxylic acids is 4. The molecule has 0 radical (unpaired) electrons. The average molecular weight is 422 g/mol. The molecule has 1 aromatic carbocycles. The van der Waals surface area contributed by atoms with Gasteiger partial charge in [-0.1, -0.05) is 31.4 Å². The highest BCUT2D eigenvalue weighted by Gasteiger charge is 2.55. The maximum atomic E-state index is 12.8. The Balaban J connectivity index is 1.53. The van der Waals surface area contributed by atoms with Crippen LogP contribution in [0.15, 0.2) is 18.2 Å². The normalized spacial score (nSPS) is 23.8. The zero-order valence-corrected chi connectivity index (χ0v) is 17.2. The van der Waals surface area contributed by atoms with E-state index in [0.717, 1.165) is 29.7 Å². The van der Waals surface area contributed by atoms with E-state index in [0.29, 0.717) is 17.1 Å². The van der Waals surface area contributed by atoms with Crippen LogP contribution in [0.2, 0.25) is 5.02 Å². The van der Waals surface area contributed by atoms with Crippen molar-refractivity contribution >= 4 is 41.1 Å². The summed E-state index contributed by atoms with van der Waals surface area (Å²) in [6, 6.07) is 4.38. The molecule has 4 amide bonds. The van der Waals surface area contributed by atoms with Crippen LogP contribution >= 0.6 is 11.6 Å². The van der Waals surface area contributed by atoms with Gasteiger partial charge in [-0.2, -0.15) is 0 Å². The highest BCUT2D eigenvalue weighted by molar-refractivity contribution is 6.30. The van der Waals surface area contributed by atoms with Crippen molar-refractivity contribution in [2.75, 3.05) is 18.5 Å². The zero-order valence-electron chi connectivity index (χ0n) is 16.4. The quantitative estimate of drug-likeness (QED) is 0.561. The van der Waals surface area contributed by atoms with Crippen molar-refractivity contribution in [1.82, 2.24) is 10.2 Å². The van der Waals surface area contributed by atoms with E-state index in [-0.39, 0.29) is 5.92 Å². The van der Waals surface area contributed by atoms with Gasteiger partial charge in [0.25, 0.3) is 11.8 Å². The lowest BCUT2D eigenvalue weighted by molar-refractivity contribution is -0.150. The molecule has 1 aliphatic carbocycles. The fraction of sp³-hybridized carbons (Fsp3) is 0.500. The van der Waals surface area contributed by atoms with Crippen LogP contribution in [0.3, 0.4) is 0 Å². The summed E-state index contributed by atoms with van der Waals surface area (Å²) in [6.45, 7) is 2.67. The topological polar surface area (TPSA) is 105 Å². The maximum Gasteiger partial charge on any atom is 0.326 e. The summed E-state index contributed by atoms with van der Waals surface area (Å²) in [4.78, 5) is 50.1. The van der Waals surface area contributed by atoms with Crippen LogP contribution in [0, 0.1) is 12.8 Å². The minimum atomic E-state index is -0.931. The van der Waals surface area contributed by atoms with Gasteiger partial charge in [-0.25, -0.2) is 4.79 Å². The number of nitrogens with zero attached hydrogens (tertiary/aromatic N) is 1. The number of nitrogens with one attached hydrogen (secondary N) is 2. The molecule has 1 aliphatic heterocycles. The van der Waals surface area contributed by atoms with Crippen LogP contribution in [0.4, 0.5) is 10.5 Å². The molecule has 8 nitrogen and oxygen atoms in total. The predicted molar refractivity (Wildman–Crippen MR) is 106 cm³/mol. The second-order valence-electron chi connectivity index (χ2n) is 7.61. The number of carbonyl (C=O) groups is 4. The molecule has 3 rings (SSSR count). The SMILES string of the molecule is Cc1cc(Cl)ccc1NC(=O)COC(=O)CN1C(=O)N[C@@]2(CCCC[C@H]2C)C1=O. The maximum absolute atomic E-state index is 12.8. The number of amides is 4. The Morgan fingerprint density at radius 3 is 2.79 bits per heavy atom. The van der Waals surface area contributed by atoms with Crippen LogP contribution in [0.1, 0.15) is 38.2 Å². The van der Waals surface area contributed by atoms with Crippen molar-refractivity contribution in [3.8, 4) is 0 Å². The summed E-state index contributed by atoms with van der Waals surface area (Å²) in [6.07, 6.45) is 3.26. The average Bonchev–Trinajstić information content (AvgIpc) is 2.90. The van der Waals surface area contributed by atoms with E-state index in [1.165, 1.54) is 0 Å². The number of imide groups is 1. The molecule has 156 valence electrons. The van der Waals surface area contributed by atoms with Gasteiger partial charge in [-0.15, -0.1) is 0 Å². The number of aryl methyl sites for hydroxylation is 1. The number of hydrogen-bond donors (Lipinski definition) is 2. The number of esters is 1. The number of anilines is 1. The van der Waals surface area contributed by atoms with Crippen LogP contribution in [0.25, 0.3) is 0 Å². The summed E-state index contributed by atoms with van der Waals surface area (Å²) in [5.41, 5.74) is 0.389. The van der Waals surface area contributed by atoms with Crippen molar-refractivity contribution in [2.24, 2.45) is 5.92 Å². The van der Waals surface area contributed by atoms with E-state index in [1.807, 2.05) is 6.92 Å². The first-order valence-electron chi connectivity index (χ1n) is 9.58. The van der Waals surface area contributed by atoms with Gasteiger partial charge in [0.1, 0.15) is 12.1 Å². The molecule has 2 fully saturated rings. The Kier molecular flexibility index (Phi) is 6.12. The first kappa shape index (κ1) is 21.1. The van der Waals surface area contributed by atoms with E-state index in [1.54, 1.807) is 25.1 Å². The van der Waals surface area contributed by atoms with Crippen molar-refractivity contribution < 1.29 is 23.9 Å². The number of benzene rings is 1. The van der Waals surface area contributed by atoms with Crippen LogP contribution in [-0.2, 0) is 19.1 Å². The van der Waals surface area contributed by atoms with Crippen molar-refractivity contribution in [3.63, 3.8) is 0 Å². The van der Waals surface area contributed by atoms with E-state index in [4.69, 9.17) is 16.3 Å². The molecule has 1 spiro atoms. The molecular formula is C20H24ClN3O5. The number of halogens is 1. The molecule has 1 heterocycles. The molecule has 2 aliphatic rings. The third-order valence-corrected chi connectivity index (χ3v) is 5.85. The molecule has 1 aromatic rings. The predicted octanol–water partition coefficient (Wildman–Crippen LogP) is 2.63. The van der Waals surface area contributed by atoms with Crippen molar-refractivity contribution in [3.05, 3.63) is 28.8 Å². The zero-order chi connectivity index (χ0) is 21.2. The lowest BCUT2D eigenvalue weighted by Crippen LogP contribution is -2.54. The van der Waals surface area contributed by atoms with Gasteiger partial charge in [0.2, 0.25) is 0 Å². The van der Waals surface area contributed by atoms with Crippen molar-refractivity contribution in [2.45, 2.75) is 45.1 Å². The van der Waals surface area contributed by atoms with E-state index in [2.05, 4.69) is 10.6 Å². The lowest BCUT2D eigenvalue weighted by Gasteiger charge is -2.36. The molecule has 0 aromatic heterocycles. The van der Waals surface area contributed by atoms with Gasteiger partial charge < -0.3 is 15.4 Å². The monoisotopic (exact) mass is 421 g/mol. The molecule has 9 heteroatoms. The molecule has 2 N–H and O–H groups in total. The minimum Gasteiger partial charge on any atom is -0.454 e. The van der Waals surface area contributed by atoms with Gasteiger partial charge >= 0.3 is 12.0 Å². The smallest absolute Gasteiger partial charge is 0.326 e. The number of rotatable bonds is 5. The number of ether oxygens (including phenoxy) is 1. The highest BCUT2D eigenvalue weighted by atomic mass is 35.5. The Morgan fingerprint density at radius 1 is 1.34 bits per heavy atom. The summed E-state index contributed by atoms with van der Waals surface area (Å²) >= 11 is 5.88. The fourth-order valence-electron chi connectivity index (χ4n) is 3.91. The summed E-state index contributed by atoms with van der Waals surface area (Å²) < 4.78 is 4.95. The Hall–Kier alpha value is -2.61. The second-order valence-corrected chi connectivity index (χ2v) is 8.04. The number of urea groups is 1. The molecule has 29 heavy (non-hydrogen) atoms. The molecule has 2 atom stereocenters. The summed E-state index contributed by atoms with van der Waals surface area (Å²) in [5, 5.41) is 5.94. The summed E-state index contributed by atoms with van der Waals surface area (Å²) in [5.74, 6) is -1.75. The number of hydrogen-bond acceptors (Lipinski definition) is 5. The van der Waals surface area contributed by atoms with Gasteiger partial charge in [-0.05, 0) is 49.4 Å². The third kappa shape index (κ3) is 4.37. The van der Waals surface area contributed by atoms with Crippen LogP contribution in [0.5, 0.6) is 0 Å². The standard InChI is InChI=1S/C20H24ClN3O5/c1-12-9-14(21)6-7-15(12)22-16(25)11-29-17(26)10-24-18(27)20(23-19(24)28)8-4-3-5-13(20)2/h6-7,9,13H,3-5,8,10-11H2,1-2H3,(H,22,25)(H,23,28)/t13-,20-/m1/s1. The third-order valence-electron chi connectivity index (χ3n) is 5.62. The molecule has 0 unspecified atom stereocenters. The minimum absolute atomic E-state index is 0.00196. The Labute approximate surface area is 173 Å². The largest absolute Gasteiger partial charge is 0.454 e. The van der Waals surface area contributed by atoms with Gasteiger partial charge in [-0.3, -0.25) is 19.3 Å². The second kappa shape index (κ2) is 8.41. The Bertz CT molecular complexity index is 859. The van der Waals surface area contributed by atoms with E-state index < -0.39 is 42.5 Å². The van der Waals surface area contributed by atoms with E-state index in [9.17, 15) is 19.2 Å². The first-order chi connectivity index (χ1) is 13.7. The first-order valence-corrected chi connectivity index (χ1v) is 9.96.